The van der Waals surface area contributed by atoms with Crippen molar-refractivity contribution in [3.05, 3.63) is 29.8 Å². The first-order valence-electron chi connectivity index (χ1n) is 6.62. The van der Waals surface area contributed by atoms with E-state index in [-0.39, 0.29) is 5.75 Å². The van der Waals surface area contributed by atoms with Crippen LogP contribution in [0.25, 0.3) is 0 Å². The first-order chi connectivity index (χ1) is 8.55. The van der Waals surface area contributed by atoms with E-state index in [4.69, 9.17) is 0 Å². The van der Waals surface area contributed by atoms with Crippen molar-refractivity contribution in [2.24, 2.45) is 5.92 Å². The molecule has 1 N–H and O–H groups in total. The zero-order valence-electron chi connectivity index (χ0n) is 10.9. The highest BCUT2D eigenvalue weighted by atomic mass is 32.2. The number of anilines is 1. The molecule has 0 saturated heterocycles. The summed E-state index contributed by atoms with van der Waals surface area (Å²) in [6, 6.07) is 7.46. The number of nitrogens with one attached hydrogen (secondary N) is 1. The molecule has 0 heterocycles. The summed E-state index contributed by atoms with van der Waals surface area (Å²) in [6.07, 6.45) is 5.70. The summed E-state index contributed by atoms with van der Waals surface area (Å²) in [5.41, 5.74) is 1.79. The molecule has 3 nitrogen and oxygen atoms in total. The molecule has 2 rings (SSSR count). The van der Waals surface area contributed by atoms with Crippen LogP contribution in [-0.2, 0) is 10.0 Å². The van der Waals surface area contributed by atoms with Gasteiger partial charge in [0.15, 0.2) is 0 Å². The largest absolute Gasteiger partial charge is 0.284 e. The molecular formula is C14H21NO2S. The summed E-state index contributed by atoms with van der Waals surface area (Å²) in [5.74, 6) is 0.600. The molecule has 100 valence electrons. The van der Waals surface area contributed by atoms with E-state index in [9.17, 15) is 8.42 Å². The lowest BCUT2D eigenvalue weighted by Gasteiger charge is -2.21. The minimum atomic E-state index is -3.20. The van der Waals surface area contributed by atoms with Gasteiger partial charge in [-0.2, -0.15) is 0 Å². The SMILES string of the molecule is Cc1ccc(NS(=O)(=O)CC2CCCCC2)cc1. The Bertz CT molecular complexity index is 473. The lowest BCUT2D eigenvalue weighted by molar-refractivity contribution is 0.385. The first-order valence-corrected chi connectivity index (χ1v) is 8.27. The monoisotopic (exact) mass is 267 g/mol. The highest BCUT2D eigenvalue weighted by molar-refractivity contribution is 7.92. The van der Waals surface area contributed by atoms with E-state index in [1.165, 1.54) is 19.3 Å². The van der Waals surface area contributed by atoms with Gasteiger partial charge in [-0.1, -0.05) is 37.0 Å². The lowest BCUT2D eigenvalue weighted by Crippen LogP contribution is -2.24. The van der Waals surface area contributed by atoms with Crippen LogP contribution in [-0.4, -0.2) is 14.2 Å². The van der Waals surface area contributed by atoms with Crippen LogP contribution in [0.3, 0.4) is 0 Å². The Balaban J connectivity index is 1.96. The van der Waals surface area contributed by atoms with Crippen molar-refractivity contribution in [2.75, 3.05) is 10.5 Å². The van der Waals surface area contributed by atoms with E-state index in [1.54, 1.807) is 0 Å². The molecule has 0 spiro atoms. The maximum absolute atomic E-state index is 12.0. The van der Waals surface area contributed by atoms with Gasteiger partial charge in [0.05, 0.1) is 5.75 Å². The molecular weight excluding hydrogens is 246 g/mol. The Hall–Kier alpha value is -1.03. The van der Waals surface area contributed by atoms with Crippen molar-refractivity contribution in [2.45, 2.75) is 39.0 Å². The van der Waals surface area contributed by atoms with Crippen molar-refractivity contribution in [1.29, 1.82) is 0 Å². The minimum Gasteiger partial charge on any atom is -0.284 e. The molecule has 18 heavy (non-hydrogen) atoms. The van der Waals surface area contributed by atoms with Gasteiger partial charge in [-0.05, 0) is 37.8 Å². The van der Waals surface area contributed by atoms with Gasteiger partial charge in [0, 0.05) is 5.69 Å². The standard InChI is InChI=1S/C14H21NO2S/c1-12-7-9-14(10-8-12)15-18(16,17)11-13-5-3-2-4-6-13/h7-10,13,15H,2-6,11H2,1H3. The average Bonchev–Trinajstić information content (AvgIpc) is 2.32. The predicted octanol–water partition coefficient (Wildman–Crippen LogP) is 3.32. The molecule has 1 aromatic carbocycles. The number of rotatable bonds is 4. The van der Waals surface area contributed by atoms with Crippen molar-refractivity contribution in [3.63, 3.8) is 0 Å². The fraction of sp³-hybridized carbons (Fsp3) is 0.571. The topological polar surface area (TPSA) is 46.2 Å². The molecule has 0 bridgehead atoms. The summed E-state index contributed by atoms with van der Waals surface area (Å²) >= 11 is 0. The molecule has 0 amide bonds. The van der Waals surface area contributed by atoms with Gasteiger partial charge in [-0.3, -0.25) is 4.72 Å². The van der Waals surface area contributed by atoms with E-state index >= 15 is 0 Å². The molecule has 0 atom stereocenters. The van der Waals surface area contributed by atoms with Gasteiger partial charge in [0.1, 0.15) is 0 Å². The van der Waals surface area contributed by atoms with E-state index in [0.717, 1.165) is 18.4 Å². The summed E-state index contributed by atoms with van der Waals surface area (Å²) < 4.78 is 26.7. The van der Waals surface area contributed by atoms with Crippen LogP contribution in [0.2, 0.25) is 0 Å². The highest BCUT2D eigenvalue weighted by Gasteiger charge is 2.21. The molecule has 1 aliphatic carbocycles. The van der Waals surface area contributed by atoms with E-state index in [2.05, 4.69) is 4.72 Å². The van der Waals surface area contributed by atoms with Gasteiger partial charge in [-0.25, -0.2) is 8.42 Å². The second kappa shape index (κ2) is 5.74. The van der Waals surface area contributed by atoms with Crippen LogP contribution >= 0.6 is 0 Å². The van der Waals surface area contributed by atoms with E-state index < -0.39 is 10.0 Å². The van der Waals surface area contributed by atoms with E-state index in [0.29, 0.717) is 11.6 Å². The Kier molecular flexibility index (Phi) is 4.27. The van der Waals surface area contributed by atoms with Gasteiger partial charge in [-0.15, -0.1) is 0 Å². The van der Waals surface area contributed by atoms with Crippen molar-refractivity contribution < 1.29 is 8.42 Å². The number of hydrogen-bond acceptors (Lipinski definition) is 2. The average molecular weight is 267 g/mol. The second-order valence-corrected chi connectivity index (χ2v) is 7.02. The zero-order chi connectivity index (χ0) is 13.0. The van der Waals surface area contributed by atoms with Gasteiger partial charge in [0.2, 0.25) is 10.0 Å². The molecule has 0 aromatic heterocycles. The molecule has 1 aromatic rings. The van der Waals surface area contributed by atoms with Crippen molar-refractivity contribution in [1.82, 2.24) is 0 Å². The fourth-order valence-electron chi connectivity index (χ4n) is 2.51. The van der Waals surface area contributed by atoms with Crippen LogP contribution in [0, 0.1) is 12.8 Å². The predicted molar refractivity (Wildman–Crippen MR) is 75.2 cm³/mol. The summed E-state index contributed by atoms with van der Waals surface area (Å²) in [4.78, 5) is 0. The fourth-order valence-corrected chi connectivity index (χ4v) is 4.04. The Labute approximate surface area is 110 Å². The van der Waals surface area contributed by atoms with Gasteiger partial charge < -0.3 is 0 Å². The Morgan fingerprint density at radius 3 is 2.33 bits per heavy atom. The van der Waals surface area contributed by atoms with Crippen LogP contribution in [0.15, 0.2) is 24.3 Å². The normalized spacial score (nSPS) is 17.6. The smallest absolute Gasteiger partial charge is 0.232 e. The van der Waals surface area contributed by atoms with Crippen LogP contribution in [0.5, 0.6) is 0 Å². The highest BCUT2D eigenvalue weighted by Crippen LogP contribution is 2.25. The molecule has 1 saturated carbocycles. The summed E-state index contributed by atoms with van der Waals surface area (Å²) in [5, 5.41) is 0. The molecule has 4 heteroatoms. The third-order valence-corrected chi connectivity index (χ3v) is 4.96. The number of hydrogen-bond donors (Lipinski definition) is 1. The van der Waals surface area contributed by atoms with Crippen molar-refractivity contribution in [3.8, 4) is 0 Å². The summed E-state index contributed by atoms with van der Waals surface area (Å²) in [6.45, 7) is 1.99. The summed E-state index contributed by atoms with van der Waals surface area (Å²) in [7, 11) is -3.20. The number of sulfonamides is 1. The Morgan fingerprint density at radius 2 is 1.72 bits per heavy atom. The maximum atomic E-state index is 12.0. The Morgan fingerprint density at radius 1 is 1.11 bits per heavy atom. The molecule has 1 aliphatic rings. The second-order valence-electron chi connectivity index (χ2n) is 5.25. The van der Waals surface area contributed by atoms with Crippen LogP contribution in [0.1, 0.15) is 37.7 Å². The van der Waals surface area contributed by atoms with E-state index in [1.807, 2.05) is 31.2 Å². The van der Waals surface area contributed by atoms with Crippen molar-refractivity contribution >= 4 is 15.7 Å². The molecule has 0 radical (unpaired) electrons. The molecule has 0 aliphatic heterocycles. The quantitative estimate of drug-likeness (QED) is 0.909. The maximum Gasteiger partial charge on any atom is 0.232 e. The zero-order valence-corrected chi connectivity index (χ0v) is 11.7. The third-order valence-electron chi connectivity index (χ3n) is 3.50. The van der Waals surface area contributed by atoms with Gasteiger partial charge in [0.25, 0.3) is 0 Å². The minimum absolute atomic E-state index is 0.265. The molecule has 1 fully saturated rings. The first kappa shape index (κ1) is 13.4. The lowest BCUT2D eigenvalue weighted by atomic mass is 9.91. The van der Waals surface area contributed by atoms with Gasteiger partial charge >= 0.3 is 0 Å². The number of benzene rings is 1. The van der Waals surface area contributed by atoms with Crippen LogP contribution in [0.4, 0.5) is 5.69 Å². The number of aryl methyl sites for hydroxylation is 1. The van der Waals surface area contributed by atoms with Crippen LogP contribution < -0.4 is 4.72 Å². The third kappa shape index (κ3) is 4.02. The molecule has 0 unspecified atom stereocenters.